The highest BCUT2D eigenvalue weighted by atomic mass is 16.5. The second-order valence-corrected chi connectivity index (χ2v) is 7.11. The van der Waals surface area contributed by atoms with Crippen LogP contribution in [0.25, 0.3) is 0 Å². The summed E-state index contributed by atoms with van der Waals surface area (Å²) in [5, 5.41) is 0. The molecule has 5 heteroatoms. The lowest BCUT2D eigenvalue weighted by Gasteiger charge is -2.33. The Balaban J connectivity index is 1.60. The average Bonchev–Trinajstić information content (AvgIpc) is 2.67. The number of hydrogen-bond acceptors (Lipinski definition) is 4. The van der Waals surface area contributed by atoms with Crippen LogP contribution in [-0.2, 0) is 6.61 Å². The molecule has 1 aliphatic heterocycles. The summed E-state index contributed by atoms with van der Waals surface area (Å²) in [7, 11) is 0. The summed E-state index contributed by atoms with van der Waals surface area (Å²) in [6.07, 6.45) is 3.67. The summed E-state index contributed by atoms with van der Waals surface area (Å²) in [5.74, 6) is 1.33. The van der Waals surface area contributed by atoms with Gasteiger partial charge in [0.1, 0.15) is 12.4 Å². The lowest BCUT2D eigenvalue weighted by molar-refractivity contribution is 0.0681. The molecule has 0 aliphatic carbocycles. The minimum absolute atomic E-state index is 0.0898. The van der Waals surface area contributed by atoms with Crippen molar-refractivity contribution in [2.75, 3.05) is 13.1 Å². The standard InChI is InChI=1S/C21H27N3O2/c1-15-6-7-20(13-23-15)26-14-17-4-3-5-19(12-17)21(25)24-10-8-18(9-11-24)16(2)22/h3-7,12-13,16,18H,8-11,14,22H2,1-2H3. The van der Waals surface area contributed by atoms with Crippen molar-refractivity contribution in [2.24, 2.45) is 11.7 Å². The van der Waals surface area contributed by atoms with Gasteiger partial charge in [-0.05, 0) is 62.4 Å². The normalized spacial score (nSPS) is 16.3. The minimum atomic E-state index is 0.0898. The monoisotopic (exact) mass is 353 g/mol. The molecule has 1 unspecified atom stereocenters. The summed E-state index contributed by atoms with van der Waals surface area (Å²) >= 11 is 0. The van der Waals surface area contributed by atoms with Crippen molar-refractivity contribution in [1.82, 2.24) is 9.88 Å². The van der Waals surface area contributed by atoms with Crippen LogP contribution in [0.5, 0.6) is 5.75 Å². The molecule has 1 aliphatic rings. The van der Waals surface area contributed by atoms with Crippen molar-refractivity contribution in [3.63, 3.8) is 0 Å². The third-order valence-electron chi connectivity index (χ3n) is 5.03. The molecule has 1 aromatic heterocycles. The Labute approximate surface area is 155 Å². The van der Waals surface area contributed by atoms with Gasteiger partial charge in [0.2, 0.25) is 0 Å². The molecule has 1 amide bonds. The molecule has 1 fully saturated rings. The number of amides is 1. The number of rotatable bonds is 5. The van der Waals surface area contributed by atoms with E-state index in [9.17, 15) is 4.79 Å². The number of piperidine rings is 1. The van der Waals surface area contributed by atoms with Crippen LogP contribution in [0.1, 0.15) is 41.4 Å². The molecule has 0 spiro atoms. The van der Waals surface area contributed by atoms with Crippen LogP contribution in [-0.4, -0.2) is 34.9 Å². The van der Waals surface area contributed by atoms with Gasteiger partial charge in [-0.15, -0.1) is 0 Å². The Morgan fingerprint density at radius 2 is 2.08 bits per heavy atom. The third kappa shape index (κ3) is 4.61. The molecule has 0 radical (unpaired) electrons. The fourth-order valence-electron chi connectivity index (χ4n) is 3.31. The number of ether oxygens (including phenoxy) is 1. The number of carbonyl (C=O) groups is 1. The number of carbonyl (C=O) groups excluding carboxylic acids is 1. The van der Waals surface area contributed by atoms with E-state index in [4.69, 9.17) is 10.5 Å². The first-order valence-corrected chi connectivity index (χ1v) is 9.22. The third-order valence-corrected chi connectivity index (χ3v) is 5.03. The van der Waals surface area contributed by atoms with E-state index < -0.39 is 0 Å². The summed E-state index contributed by atoms with van der Waals surface area (Å²) < 4.78 is 5.77. The maximum Gasteiger partial charge on any atom is 0.253 e. The van der Waals surface area contributed by atoms with Crippen LogP contribution >= 0.6 is 0 Å². The van der Waals surface area contributed by atoms with E-state index in [0.29, 0.717) is 18.1 Å². The number of aryl methyl sites for hydroxylation is 1. The van der Waals surface area contributed by atoms with E-state index in [0.717, 1.165) is 42.9 Å². The van der Waals surface area contributed by atoms with Crippen molar-refractivity contribution in [1.29, 1.82) is 0 Å². The summed E-state index contributed by atoms with van der Waals surface area (Å²) in [6, 6.07) is 11.7. The summed E-state index contributed by atoms with van der Waals surface area (Å²) in [6.45, 7) is 5.96. The molecular formula is C21H27N3O2. The largest absolute Gasteiger partial charge is 0.487 e. The van der Waals surface area contributed by atoms with E-state index in [1.807, 2.05) is 48.2 Å². The molecule has 5 nitrogen and oxygen atoms in total. The molecule has 2 aromatic rings. The number of nitrogens with two attached hydrogens (primary N) is 1. The lowest BCUT2D eigenvalue weighted by Crippen LogP contribution is -2.42. The highest BCUT2D eigenvalue weighted by Gasteiger charge is 2.25. The van der Waals surface area contributed by atoms with Crippen LogP contribution in [0.4, 0.5) is 0 Å². The maximum absolute atomic E-state index is 12.8. The molecule has 0 bridgehead atoms. The molecule has 138 valence electrons. The van der Waals surface area contributed by atoms with E-state index in [1.165, 1.54) is 0 Å². The van der Waals surface area contributed by atoms with E-state index in [2.05, 4.69) is 11.9 Å². The molecule has 3 rings (SSSR count). The molecular weight excluding hydrogens is 326 g/mol. The van der Waals surface area contributed by atoms with Gasteiger partial charge < -0.3 is 15.4 Å². The van der Waals surface area contributed by atoms with Gasteiger partial charge >= 0.3 is 0 Å². The van der Waals surface area contributed by atoms with Crippen molar-refractivity contribution < 1.29 is 9.53 Å². The highest BCUT2D eigenvalue weighted by molar-refractivity contribution is 5.94. The van der Waals surface area contributed by atoms with E-state index in [1.54, 1.807) is 6.20 Å². The second-order valence-electron chi connectivity index (χ2n) is 7.11. The Hall–Kier alpha value is -2.40. The molecule has 1 saturated heterocycles. The van der Waals surface area contributed by atoms with E-state index in [-0.39, 0.29) is 11.9 Å². The number of benzene rings is 1. The number of nitrogens with zero attached hydrogens (tertiary/aromatic N) is 2. The molecule has 1 atom stereocenters. The second kappa shape index (κ2) is 8.32. The smallest absolute Gasteiger partial charge is 0.253 e. The predicted molar refractivity (Wildman–Crippen MR) is 102 cm³/mol. The molecule has 2 N–H and O–H groups in total. The Kier molecular flexibility index (Phi) is 5.89. The zero-order chi connectivity index (χ0) is 18.5. The number of likely N-dealkylation sites (tertiary alicyclic amines) is 1. The lowest BCUT2D eigenvalue weighted by atomic mass is 9.90. The first-order chi connectivity index (χ1) is 12.5. The molecule has 1 aromatic carbocycles. The van der Waals surface area contributed by atoms with Crippen LogP contribution in [0.15, 0.2) is 42.6 Å². The summed E-state index contributed by atoms with van der Waals surface area (Å²) in [4.78, 5) is 18.9. The maximum atomic E-state index is 12.8. The highest BCUT2D eigenvalue weighted by Crippen LogP contribution is 2.21. The van der Waals surface area contributed by atoms with Gasteiger partial charge in [-0.3, -0.25) is 9.78 Å². The Morgan fingerprint density at radius 1 is 1.31 bits per heavy atom. The van der Waals surface area contributed by atoms with Crippen molar-refractivity contribution in [3.05, 3.63) is 59.4 Å². The van der Waals surface area contributed by atoms with Crippen LogP contribution in [0, 0.1) is 12.8 Å². The number of aromatic nitrogens is 1. The first-order valence-electron chi connectivity index (χ1n) is 9.22. The Bertz CT molecular complexity index is 735. The quantitative estimate of drug-likeness (QED) is 0.896. The van der Waals surface area contributed by atoms with Gasteiger partial charge in [-0.25, -0.2) is 0 Å². The van der Waals surface area contributed by atoms with Gasteiger partial charge in [0, 0.05) is 30.4 Å². The number of pyridine rings is 1. The van der Waals surface area contributed by atoms with Gasteiger partial charge in [-0.1, -0.05) is 12.1 Å². The molecule has 2 heterocycles. The fraction of sp³-hybridized carbons (Fsp3) is 0.429. The van der Waals surface area contributed by atoms with Gasteiger partial charge in [0.25, 0.3) is 5.91 Å². The van der Waals surface area contributed by atoms with Gasteiger partial charge in [0.05, 0.1) is 6.20 Å². The van der Waals surface area contributed by atoms with Crippen LogP contribution in [0.2, 0.25) is 0 Å². The predicted octanol–water partition coefficient (Wildman–Crippen LogP) is 3.17. The average molecular weight is 353 g/mol. The minimum Gasteiger partial charge on any atom is -0.487 e. The topological polar surface area (TPSA) is 68.5 Å². The fourth-order valence-corrected chi connectivity index (χ4v) is 3.31. The van der Waals surface area contributed by atoms with Crippen molar-refractivity contribution in [3.8, 4) is 5.75 Å². The Morgan fingerprint density at radius 3 is 2.73 bits per heavy atom. The van der Waals surface area contributed by atoms with Crippen LogP contribution in [0.3, 0.4) is 0 Å². The first kappa shape index (κ1) is 18.4. The number of hydrogen-bond donors (Lipinski definition) is 1. The van der Waals surface area contributed by atoms with Crippen molar-refractivity contribution >= 4 is 5.91 Å². The van der Waals surface area contributed by atoms with Crippen LogP contribution < -0.4 is 10.5 Å². The SMILES string of the molecule is Cc1ccc(OCc2cccc(C(=O)N3CCC(C(C)N)CC3)c2)cn1. The molecule has 0 saturated carbocycles. The van der Waals surface area contributed by atoms with Gasteiger partial charge in [-0.2, -0.15) is 0 Å². The van der Waals surface area contributed by atoms with E-state index >= 15 is 0 Å². The zero-order valence-electron chi connectivity index (χ0n) is 15.5. The molecule has 26 heavy (non-hydrogen) atoms. The van der Waals surface area contributed by atoms with Gasteiger partial charge in [0.15, 0.2) is 0 Å². The van der Waals surface area contributed by atoms with Crippen molar-refractivity contribution in [2.45, 2.75) is 39.3 Å². The zero-order valence-corrected chi connectivity index (χ0v) is 15.5. The summed E-state index contributed by atoms with van der Waals surface area (Å²) in [5.41, 5.74) is 8.63.